The summed E-state index contributed by atoms with van der Waals surface area (Å²) in [5.74, 6) is -1.53. The van der Waals surface area contributed by atoms with E-state index < -0.39 is 23.3 Å². The molecule has 2 rings (SSSR count). The van der Waals surface area contributed by atoms with E-state index in [0.717, 1.165) is 18.4 Å². The number of methoxy groups -OCH3 is 2. The third kappa shape index (κ3) is 2.19. The van der Waals surface area contributed by atoms with Crippen molar-refractivity contribution in [3.05, 3.63) is 11.1 Å². The molecule has 2 aliphatic carbocycles. The summed E-state index contributed by atoms with van der Waals surface area (Å²) in [7, 11) is 2.53. The van der Waals surface area contributed by atoms with E-state index in [2.05, 4.69) is 0 Å². The molecule has 0 aliphatic heterocycles. The quantitative estimate of drug-likeness (QED) is 0.576. The van der Waals surface area contributed by atoms with Crippen LogP contribution < -0.4 is 0 Å². The molecule has 1 saturated carbocycles. The van der Waals surface area contributed by atoms with E-state index >= 15 is 0 Å². The number of ether oxygens (including phenoxy) is 2. The molecule has 0 aromatic rings. The Balaban J connectivity index is 2.61. The average Bonchev–Trinajstić information content (AvgIpc) is 2.70. The first kappa shape index (κ1) is 15.7. The third-order valence-electron chi connectivity index (χ3n) is 4.88. The van der Waals surface area contributed by atoms with Crippen molar-refractivity contribution in [2.75, 3.05) is 14.2 Å². The number of fused-ring (bicyclic) bond motifs is 1. The van der Waals surface area contributed by atoms with Gasteiger partial charge in [0, 0.05) is 12.3 Å². The highest BCUT2D eigenvalue weighted by Crippen LogP contribution is 2.54. The van der Waals surface area contributed by atoms with Crippen LogP contribution in [-0.4, -0.2) is 31.9 Å². The first-order valence-corrected chi connectivity index (χ1v) is 7.29. The lowest BCUT2D eigenvalue weighted by Gasteiger charge is -2.34. The van der Waals surface area contributed by atoms with Crippen molar-refractivity contribution < 1.29 is 23.9 Å². The van der Waals surface area contributed by atoms with E-state index in [1.165, 1.54) is 14.2 Å². The highest BCUT2D eigenvalue weighted by molar-refractivity contribution is 6.07. The van der Waals surface area contributed by atoms with Crippen LogP contribution in [0.15, 0.2) is 11.1 Å². The lowest BCUT2D eigenvalue weighted by Crippen LogP contribution is -2.47. The van der Waals surface area contributed by atoms with E-state index in [0.29, 0.717) is 12.0 Å². The summed E-state index contributed by atoms with van der Waals surface area (Å²) in [6.45, 7) is 3.81. The molecule has 21 heavy (non-hydrogen) atoms. The van der Waals surface area contributed by atoms with Gasteiger partial charge in [0.25, 0.3) is 0 Å². The lowest BCUT2D eigenvalue weighted by molar-refractivity contribution is -0.173. The molecule has 0 radical (unpaired) electrons. The Morgan fingerprint density at radius 1 is 1.19 bits per heavy atom. The smallest absolute Gasteiger partial charge is 0.324 e. The van der Waals surface area contributed by atoms with Crippen LogP contribution >= 0.6 is 0 Å². The van der Waals surface area contributed by atoms with E-state index in [1.54, 1.807) is 0 Å². The minimum atomic E-state index is -1.40. The van der Waals surface area contributed by atoms with Crippen LogP contribution in [0.2, 0.25) is 0 Å². The van der Waals surface area contributed by atoms with Gasteiger partial charge in [-0.05, 0) is 37.7 Å². The minimum Gasteiger partial charge on any atom is -0.468 e. The van der Waals surface area contributed by atoms with Gasteiger partial charge in [0.05, 0.1) is 14.2 Å². The molecule has 0 unspecified atom stereocenters. The summed E-state index contributed by atoms with van der Waals surface area (Å²) in [5, 5.41) is 0. The third-order valence-corrected chi connectivity index (χ3v) is 4.88. The van der Waals surface area contributed by atoms with E-state index in [1.807, 2.05) is 13.8 Å². The maximum Gasteiger partial charge on any atom is 0.324 e. The first-order chi connectivity index (χ1) is 9.90. The summed E-state index contributed by atoms with van der Waals surface area (Å²) >= 11 is 0. The van der Waals surface area contributed by atoms with Crippen LogP contribution in [0.4, 0.5) is 0 Å². The van der Waals surface area contributed by atoms with Crippen molar-refractivity contribution in [3.63, 3.8) is 0 Å². The Kier molecular flexibility index (Phi) is 4.21. The van der Waals surface area contributed by atoms with Crippen molar-refractivity contribution >= 4 is 17.7 Å². The second-order valence-corrected chi connectivity index (χ2v) is 6.10. The summed E-state index contributed by atoms with van der Waals surface area (Å²) in [6.07, 6.45) is 2.28. The largest absolute Gasteiger partial charge is 0.468 e. The monoisotopic (exact) mass is 294 g/mol. The molecule has 5 nitrogen and oxygen atoms in total. The Morgan fingerprint density at radius 2 is 1.76 bits per heavy atom. The molecule has 0 spiro atoms. The van der Waals surface area contributed by atoms with Gasteiger partial charge >= 0.3 is 11.9 Å². The van der Waals surface area contributed by atoms with Crippen LogP contribution in [0.1, 0.15) is 39.5 Å². The number of hydrogen-bond donors (Lipinski definition) is 0. The highest BCUT2D eigenvalue weighted by atomic mass is 16.5. The van der Waals surface area contributed by atoms with E-state index in [4.69, 9.17) is 9.47 Å². The fourth-order valence-electron chi connectivity index (χ4n) is 4.05. The number of esters is 2. The summed E-state index contributed by atoms with van der Waals surface area (Å²) in [6, 6.07) is 0. The SMILES string of the molecule is COC(=O)C1(C(=O)OC)CC(C)=C2C(=O)CCC[C@@H](C)[C@@H]21. The summed E-state index contributed by atoms with van der Waals surface area (Å²) in [5.41, 5.74) is 0.0628. The Hall–Kier alpha value is -1.65. The van der Waals surface area contributed by atoms with Crippen molar-refractivity contribution in [2.24, 2.45) is 17.3 Å². The van der Waals surface area contributed by atoms with Gasteiger partial charge in [-0.15, -0.1) is 0 Å². The predicted molar refractivity (Wildman–Crippen MR) is 75.3 cm³/mol. The van der Waals surface area contributed by atoms with Gasteiger partial charge in [-0.2, -0.15) is 0 Å². The van der Waals surface area contributed by atoms with Gasteiger partial charge < -0.3 is 9.47 Å². The predicted octanol–water partition coefficient (Wildman–Crippen LogP) is 2.04. The molecular weight excluding hydrogens is 272 g/mol. The van der Waals surface area contributed by atoms with Gasteiger partial charge in [0.1, 0.15) is 0 Å². The molecule has 1 fully saturated rings. The Labute approximate surface area is 124 Å². The molecule has 2 aliphatic rings. The van der Waals surface area contributed by atoms with Crippen molar-refractivity contribution in [3.8, 4) is 0 Å². The van der Waals surface area contributed by atoms with E-state index in [9.17, 15) is 14.4 Å². The average molecular weight is 294 g/mol. The minimum absolute atomic E-state index is 0.0523. The topological polar surface area (TPSA) is 69.7 Å². The van der Waals surface area contributed by atoms with Crippen molar-refractivity contribution in [1.29, 1.82) is 0 Å². The Bertz CT molecular complexity index is 501. The second kappa shape index (κ2) is 5.62. The van der Waals surface area contributed by atoms with Gasteiger partial charge in [-0.3, -0.25) is 14.4 Å². The van der Waals surface area contributed by atoms with Crippen LogP contribution in [0, 0.1) is 17.3 Å². The summed E-state index contributed by atoms with van der Waals surface area (Å²) in [4.78, 5) is 37.3. The number of rotatable bonds is 2. The fourth-order valence-corrected chi connectivity index (χ4v) is 4.05. The van der Waals surface area contributed by atoms with E-state index in [-0.39, 0.29) is 18.1 Å². The van der Waals surface area contributed by atoms with Crippen molar-refractivity contribution in [2.45, 2.75) is 39.5 Å². The molecule has 0 bridgehead atoms. The zero-order chi connectivity index (χ0) is 15.8. The lowest BCUT2D eigenvalue weighted by atomic mass is 9.68. The second-order valence-electron chi connectivity index (χ2n) is 6.10. The zero-order valence-electron chi connectivity index (χ0n) is 13.0. The number of hydrogen-bond acceptors (Lipinski definition) is 5. The van der Waals surface area contributed by atoms with Crippen molar-refractivity contribution in [1.82, 2.24) is 0 Å². The van der Waals surface area contributed by atoms with Gasteiger partial charge in [-0.25, -0.2) is 0 Å². The molecule has 5 heteroatoms. The standard InChI is InChI=1S/C16H22O5/c1-9-6-5-7-11(17)12-10(2)8-16(13(9)12,14(18)20-3)15(19)21-4/h9,13H,5-8H2,1-4H3/t9-,13+/m1/s1. The molecule has 2 atom stereocenters. The molecule has 0 N–H and O–H groups in total. The normalized spacial score (nSPS) is 27.9. The molecule has 0 amide bonds. The maximum absolute atomic E-state index is 12.4. The molecule has 0 saturated heterocycles. The highest BCUT2D eigenvalue weighted by Gasteiger charge is 2.62. The summed E-state index contributed by atoms with van der Waals surface area (Å²) < 4.78 is 9.81. The molecule has 0 aromatic carbocycles. The van der Waals surface area contributed by atoms with Crippen LogP contribution in [0.5, 0.6) is 0 Å². The van der Waals surface area contributed by atoms with Crippen LogP contribution in [0.25, 0.3) is 0 Å². The number of Topliss-reactive ketones (excluding diaryl/α,β-unsaturated/α-hetero) is 1. The number of allylic oxidation sites excluding steroid dienone is 2. The Morgan fingerprint density at radius 3 is 2.29 bits per heavy atom. The molecule has 0 aromatic heterocycles. The van der Waals surface area contributed by atoms with Crippen LogP contribution in [0.3, 0.4) is 0 Å². The van der Waals surface area contributed by atoms with Gasteiger partial charge in [0.15, 0.2) is 11.2 Å². The number of ketones is 1. The number of carbonyl (C=O) groups excluding carboxylic acids is 3. The maximum atomic E-state index is 12.4. The first-order valence-electron chi connectivity index (χ1n) is 7.29. The van der Waals surface area contributed by atoms with Gasteiger partial charge in [0.2, 0.25) is 0 Å². The zero-order valence-corrected chi connectivity index (χ0v) is 13.0. The molecule has 0 heterocycles. The molecule has 116 valence electrons. The van der Waals surface area contributed by atoms with Gasteiger partial charge in [-0.1, -0.05) is 12.5 Å². The van der Waals surface area contributed by atoms with Crippen LogP contribution in [-0.2, 0) is 23.9 Å². The molecular formula is C16H22O5. The fraction of sp³-hybridized carbons (Fsp3) is 0.688. The number of carbonyl (C=O) groups is 3.